The predicted molar refractivity (Wildman–Crippen MR) is 158 cm³/mol. The molecule has 43 heavy (non-hydrogen) atoms. The molecule has 2 unspecified atom stereocenters. The van der Waals surface area contributed by atoms with E-state index in [2.05, 4.69) is 0 Å². The Kier molecular flexibility index (Phi) is 7.20. The number of aliphatic hydroxyl groups excluding tert-OH is 1. The molecule has 0 bridgehead atoms. The number of carbonyl (C=O) groups excluding carboxylic acids is 3. The molecular formula is C33H40O9S. The van der Waals surface area contributed by atoms with Crippen molar-refractivity contribution in [3.63, 3.8) is 0 Å². The van der Waals surface area contributed by atoms with E-state index >= 15 is 0 Å². The second-order valence-electron chi connectivity index (χ2n) is 13.0. The summed E-state index contributed by atoms with van der Waals surface area (Å²) in [5.41, 5.74) is -5.31. The fourth-order valence-corrected chi connectivity index (χ4v) is 10.4. The summed E-state index contributed by atoms with van der Waals surface area (Å²) in [4.78, 5) is 41.3. The highest BCUT2D eigenvalue weighted by Gasteiger charge is 2.97. The molecule has 1 heterocycles. The van der Waals surface area contributed by atoms with E-state index in [-0.39, 0.29) is 24.6 Å². The van der Waals surface area contributed by atoms with Gasteiger partial charge in [-0.05, 0) is 37.3 Å². The summed E-state index contributed by atoms with van der Waals surface area (Å²) in [5, 5.41) is 24.2. The van der Waals surface area contributed by atoms with Crippen molar-refractivity contribution in [3.05, 3.63) is 59.2 Å². The monoisotopic (exact) mass is 612 g/mol. The number of hydrogen-bond acceptors (Lipinski definition) is 10. The Morgan fingerprint density at radius 3 is 2.49 bits per heavy atom. The van der Waals surface area contributed by atoms with Gasteiger partial charge >= 0.3 is 5.97 Å². The van der Waals surface area contributed by atoms with Crippen molar-refractivity contribution in [3.8, 4) is 0 Å². The van der Waals surface area contributed by atoms with Gasteiger partial charge in [-0.3, -0.25) is 14.4 Å². The second-order valence-corrected chi connectivity index (χ2v) is 13.8. The number of allylic oxidation sites excluding steroid dienone is 1. The number of Topliss-reactive ketones (excluding diaryl/α,β-unsaturated/α-hetero) is 1. The van der Waals surface area contributed by atoms with Crippen LogP contribution >= 0.6 is 11.8 Å². The molecule has 1 aromatic carbocycles. The normalized spacial score (nSPS) is 44.6. The van der Waals surface area contributed by atoms with Crippen molar-refractivity contribution in [2.24, 2.45) is 22.2 Å². The SMILES string of the molecule is CO[C@H]1C(=O)[C@]2(C)[C@@H](OCSC)C[C@H]3OC[C@@]3(OC(C)=O)C23[C@H](/C=C/C(=O)c2ccccc2)[C@]2(O)C[C@H](O)C(C)=C1C32C. The van der Waals surface area contributed by atoms with Crippen LogP contribution in [0.15, 0.2) is 53.6 Å². The summed E-state index contributed by atoms with van der Waals surface area (Å²) in [6.45, 7) is 6.86. The van der Waals surface area contributed by atoms with Gasteiger partial charge in [-0.25, -0.2) is 0 Å². The molecule has 10 heteroatoms. The smallest absolute Gasteiger partial charge is 0.303 e. The van der Waals surface area contributed by atoms with Crippen molar-refractivity contribution in [2.75, 3.05) is 25.9 Å². The summed E-state index contributed by atoms with van der Waals surface area (Å²) in [6.07, 6.45) is 1.86. The zero-order valence-corrected chi connectivity index (χ0v) is 26.2. The van der Waals surface area contributed by atoms with Gasteiger partial charge < -0.3 is 29.2 Å². The van der Waals surface area contributed by atoms with Crippen molar-refractivity contribution in [2.45, 2.75) is 76.2 Å². The van der Waals surface area contributed by atoms with E-state index in [4.69, 9.17) is 18.9 Å². The van der Waals surface area contributed by atoms with Gasteiger partial charge in [0.2, 0.25) is 0 Å². The number of fused-ring (bicyclic) bond motifs is 1. The molecule has 3 saturated carbocycles. The van der Waals surface area contributed by atoms with Crippen LogP contribution in [0.1, 0.15) is 50.9 Å². The minimum atomic E-state index is -1.62. The van der Waals surface area contributed by atoms with E-state index in [0.717, 1.165) is 0 Å². The zero-order chi connectivity index (χ0) is 31.2. The molecule has 1 saturated heterocycles. The summed E-state index contributed by atoms with van der Waals surface area (Å²) in [6, 6.07) is 8.78. The van der Waals surface area contributed by atoms with Crippen LogP contribution in [0.4, 0.5) is 0 Å². The standard InChI is InChI=1S/C33H40O9S/c1-18-22(36)15-31(38)23(13-12-21(35)20-10-8-7-9-11-20)33-29(3,28(37)27(39-5)26(18)30(31,33)4)24(41-17-43-6)14-25-32(33,16-40-25)42-19(2)34/h7-13,22-25,27,36,38H,14-17H2,1-6H3/b13-12+/t22-,23+,24-,25+,27+,29-,30?,31+,32-,33?/m0/s1. The summed E-state index contributed by atoms with van der Waals surface area (Å²) >= 11 is 1.48. The number of ether oxygens (including phenoxy) is 4. The zero-order valence-electron chi connectivity index (χ0n) is 25.4. The Bertz CT molecular complexity index is 1420. The van der Waals surface area contributed by atoms with Gasteiger partial charge in [0.05, 0.1) is 41.2 Å². The van der Waals surface area contributed by atoms with Gasteiger partial charge in [0.15, 0.2) is 17.2 Å². The van der Waals surface area contributed by atoms with Crippen molar-refractivity contribution < 1.29 is 43.5 Å². The lowest BCUT2D eigenvalue weighted by Crippen LogP contribution is -2.97. The molecular weight excluding hydrogens is 572 g/mol. The second kappa shape index (κ2) is 10.1. The van der Waals surface area contributed by atoms with Crippen LogP contribution < -0.4 is 0 Å². The van der Waals surface area contributed by atoms with Crippen LogP contribution in [0.5, 0.6) is 0 Å². The quantitative estimate of drug-likeness (QED) is 0.148. The van der Waals surface area contributed by atoms with E-state index in [0.29, 0.717) is 29.1 Å². The fraction of sp³-hybridized carbons (Fsp3) is 0.606. The van der Waals surface area contributed by atoms with Gasteiger partial charge in [-0.15, -0.1) is 11.8 Å². The van der Waals surface area contributed by atoms with Crippen molar-refractivity contribution in [1.82, 2.24) is 0 Å². The average molecular weight is 613 g/mol. The van der Waals surface area contributed by atoms with Gasteiger partial charge in [0.1, 0.15) is 12.2 Å². The maximum Gasteiger partial charge on any atom is 0.303 e. The molecule has 9 nitrogen and oxygen atoms in total. The highest BCUT2D eigenvalue weighted by Crippen LogP contribution is 2.87. The molecule has 6 rings (SSSR count). The largest absolute Gasteiger partial charge is 0.453 e. The minimum Gasteiger partial charge on any atom is -0.453 e. The first-order valence-electron chi connectivity index (χ1n) is 14.7. The molecule has 5 aliphatic rings. The molecule has 0 aromatic heterocycles. The summed E-state index contributed by atoms with van der Waals surface area (Å²) in [7, 11) is 1.45. The van der Waals surface area contributed by atoms with E-state index in [1.165, 1.54) is 31.9 Å². The Labute approximate surface area is 256 Å². The lowest BCUT2D eigenvalue weighted by Gasteiger charge is -2.87. The number of hydrogen-bond donors (Lipinski definition) is 2. The van der Waals surface area contributed by atoms with E-state index in [1.807, 2.05) is 26.2 Å². The van der Waals surface area contributed by atoms with Gasteiger partial charge in [0, 0.05) is 43.8 Å². The molecule has 4 aliphatic carbocycles. The molecule has 4 fully saturated rings. The molecule has 1 aromatic rings. The number of carbonyl (C=O) groups is 3. The molecule has 1 spiro atoms. The first-order chi connectivity index (χ1) is 20.3. The average Bonchev–Trinajstić information content (AvgIpc) is 2.97. The Morgan fingerprint density at radius 1 is 1.21 bits per heavy atom. The number of thioether (sulfide) groups is 1. The molecule has 10 atom stereocenters. The lowest BCUT2D eigenvalue weighted by molar-refractivity contribution is -0.459. The first-order valence-corrected chi connectivity index (χ1v) is 16.1. The van der Waals surface area contributed by atoms with Crippen LogP contribution in [0, 0.1) is 22.2 Å². The van der Waals surface area contributed by atoms with Crippen LogP contribution in [0.3, 0.4) is 0 Å². The highest BCUT2D eigenvalue weighted by molar-refractivity contribution is 7.98. The van der Waals surface area contributed by atoms with E-state index < -0.39 is 63.8 Å². The number of rotatable bonds is 8. The predicted octanol–water partition coefficient (Wildman–Crippen LogP) is 3.27. The third-order valence-corrected chi connectivity index (χ3v) is 12.0. The van der Waals surface area contributed by atoms with Crippen LogP contribution in [0.25, 0.3) is 0 Å². The van der Waals surface area contributed by atoms with Crippen LogP contribution in [-0.4, -0.2) is 89.3 Å². The first kappa shape index (κ1) is 30.7. The van der Waals surface area contributed by atoms with Gasteiger partial charge in [-0.1, -0.05) is 43.3 Å². The molecule has 0 radical (unpaired) electrons. The number of methoxy groups -OCH3 is 1. The van der Waals surface area contributed by atoms with E-state index in [9.17, 15) is 24.6 Å². The molecule has 2 N–H and O–H groups in total. The van der Waals surface area contributed by atoms with Gasteiger partial charge in [-0.2, -0.15) is 0 Å². The Hall–Kier alpha value is -2.34. The Morgan fingerprint density at radius 2 is 1.91 bits per heavy atom. The minimum absolute atomic E-state index is 0.0184. The van der Waals surface area contributed by atoms with Crippen molar-refractivity contribution in [1.29, 1.82) is 0 Å². The number of esters is 1. The summed E-state index contributed by atoms with van der Waals surface area (Å²) < 4.78 is 24.8. The highest BCUT2D eigenvalue weighted by atomic mass is 32.2. The number of benzene rings is 1. The fourth-order valence-electron chi connectivity index (χ4n) is 10.1. The van der Waals surface area contributed by atoms with Crippen molar-refractivity contribution >= 4 is 29.3 Å². The maximum absolute atomic E-state index is 15.0. The molecule has 1 aliphatic heterocycles. The number of aliphatic hydroxyl groups is 2. The molecule has 232 valence electrons. The summed E-state index contributed by atoms with van der Waals surface area (Å²) in [5.74, 6) is -1.66. The van der Waals surface area contributed by atoms with Crippen LogP contribution in [0.2, 0.25) is 0 Å². The van der Waals surface area contributed by atoms with Crippen LogP contribution in [-0.2, 0) is 28.5 Å². The Balaban J connectivity index is 1.67. The lowest BCUT2D eigenvalue weighted by atomic mass is 9.18. The van der Waals surface area contributed by atoms with Gasteiger partial charge in [0.25, 0.3) is 0 Å². The van der Waals surface area contributed by atoms with E-state index in [1.54, 1.807) is 37.3 Å². The third kappa shape index (κ3) is 3.40. The third-order valence-electron chi connectivity index (χ3n) is 11.6. The maximum atomic E-state index is 15.0. The number of ketones is 2. The topological polar surface area (TPSA) is 129 Å². The molecule has 0 amide bonds.